The van der Waals surface area contributed by atoms with Gasteiger partial charge in [0.25, 0.3) is 0 Å². The fourth-order valence-corrected chi connectivity index (χ4v) is 3.53. The minimum Gasteiger partial charge on any atom is -0.399 e. The third-order valence-corrected chi connectivity index (χ3v) is 5.57. The van der Waals surface area contributed by atoms with Crippen molar-refractivity contribution in [3.05, 3.63) is 54.1 Å². The number of nitrogens with one attached hydrogen (secondary N) is 1. The van der Waals surface area contributed by atoms with Gasteiger partial charge in [0.15, 0.2) is 0 Å². The number of hydrogen-bond donors (Lipinski definition) is 3. The first-order chi connectivity index (χ1) is 11.8. The summed E-state index contributed by atoms with van der Waals surface area (Å²) < 4.78 is 22.4. The van der Waals surface area contributed by atoms with Crippen molar-refractivity contribution in [2.24, 2.45) is 5.14 Å². The van der Waals surface area contributed by atoms with Gasteiger partial charge in [0.05, 0.1) is 10.1 Å². The average Bonchev–Trinajstić information content (AvgIpc) is 2.56. The summed E-state index contributed by atoms with van der Waals surface area (Å²) in [6.07, 6.45) is 0.607. The van der Waals surface area contributed by atoms with Crippen LogP contribution in [0.5, 0.6) is 0 Å². The van der Waals surface area contributed by atoms with E-state index in [1.54, 1.807) is 24.3 Å². The Labute approximate surface area is 152 Å². The zero-order chi connectivity index (χ0) is 18.4. The number of anilines is 1. The van der Waals surface area contributed by atoms with Gasteiger partial charge in [-0.15, -0.1) is 11.8 Å². The zero-order valence-electron chi connectivity index (χ0n) is 13.8. The molecule has 0 fully saturated rings. The topological polar surface area (TPSA) is 115 Å². The second kappa shape index (κ2) is 8.37. The summed E-state index contributed by atoms with van der Waals surface area (Å²) in [5.41, 5.74) is 7.25. The zero-order valence-corrected chi connectivity index (χ0v) is 15.4. The van der Waals surface area contributed by atoms with E-state index >= 15 is 0 Å². The van der Waals surface area contributed by atoms with Gasteiger partial charge in [0.1, 0.15) is 0 Å². The van der Waals surface area contributed by atoms with Crippen LogP contribution in [0, 0.1) is 0 Å². The molecule has 1 amide bonds. The maximum absolute atomic E-state index is 12.1. The van der Waals surface area contributed by atoms with Crippen LogP contribution in [0.3, 0.4) is 0 Å². The second-order valence-corrected chi connectivity index (χ2v) is 8.53. The molecule has 0 spiro atoms. The number of nitrogens with two attached hydrogens (primary N) is 2. The molecule has 8 heteroatoms. The molecule has 0 saturated carbocycles. The van der Waals surface area contributed by atoms with Gasteiger partial charge in [-0.3, -0.25) is 4.79 Å². The first-order valence-electron chi connectivity index (χ1n) is 7.67. The third kappa shape index (κ3) is 6.08. The first-order valence-corrected chi connectivity index (χ1v) is 10.1. The number of hydrogen-bond acceptors (Lipinski definition) is 5. The molecule has 0 aromatic heterocycles. The fourth-order valence-electron chi connectivity index (χ4n) is 2.12. The van der Waals surface area contributed by atoms with Crippen LogP contribution < -0.4 is 16.2 Å². The Morgan fingerprint density at radius 3 is 2.28 bits per heavy atom. The molecule has 25 heavy (non-hydrogen) atoms. The molecule has 1 unspecified atom stereocenters. The second-order valence-electron chi connectivity index (χ2n) is 5.56. The monoisotopic (exact) mass is 379 g/mol. The molecular formula is C17H21N3O3S2. The number of sulfonamides is 1. The van der Waals surface area contributed by atoms with E-state index in [4.69, 9.17) is 10.9 Å². The summed E-state index contributed by atoms with van der Waals surface area (Å²) in [5.74, 6) is -0.0528. The van der Waals surface area contributed by atoms with E-state index < -0.39 is 10.0 Å². The van der Waals surface area contributed by atoms with Crippen LogP contribution in [-0.2, 0) is 21.2 Å². The Morgan fingerprint density at radius 2 is 1.72 bits per heavy atom. The Bertz CT molecular complexity index is 819. The highest BCUT2D eigenvalue weighted by molar-refractivity contribution is 8.00. The van der Waals surface area contributed by atoms with E-state index in [0.29, 0.717) is 18.7 Å². The van der Waals surface area contributed by atoms with E-state index in [1.807, 2.05) is 19.1 Å². The molecule has 1 atom stereocenters. The Balaban J connectivity index is 1.80. The normalized spacial score (nSPS) is 12.6. The van der Waals surface area contributed by atoms with Gasteiger partial charge in [-0.25, -0.2) is 13.6 Å². The van der Waals surface area contributed by atoms with E-state index in [9.17, 15) is 13.2 Å². The minimum atomic E-state index is -3.68. The summed E-state index contributed by atoms with van der Waals surface area (Å²) in [7, 11) is -3.68. The number of carbonyl (C=O) groups excluding carboxylic acids is 1. The lowest BCUT2D eigenvalue weighted by Gasteiger charge is -2.12. The molecular weight excluding hydrogens is 358 g/mol. The van der Waals surface area contributed by atoms with Crippen LogP contribution in [0.25, 0.3) is 0 Å². The van der Waals surface area contributed by atoms with Gasteiger partial charge in [-0.2, -0.15) is 0 Å². The standard InChI is InChI=1S/C17H21N3O3S2/c1-12(24-15-6-4-14(18)5-7-15)17(21)20-11-10-13-2-8-16(9-3-13)25(19,22)23/h2-9,12H,10-11,18H2,1H3,(H,20,21)(H2,19,22,23). The van der Waals surface area contributed by atoms with Crippen molar-refractivity contribution >= 4 is 33.4 Å². The summed E-state index contributed by atoms with van der Waals surface area (Å²) in [4.78, 5) is 13.2. The molecule has 0 bridgehead atoms. The molecule has 6 nitrogen and oxygen atoms in total. The molecule has 2 aromatic carbocycles. The lowest BCUT2D eigenvalue weighted by molar-refractivity contribution is -0.120. The van der Waals surface area contributed by atoms with Crippen molar-refractivity contribution in [1.29, 1.82) is 0 Å². The van der Waals surface area contributed by atoms with Crippen LogP contribution in [0.2, 0.25) is 0 Å². The molecule has 5 N–H and O–H groups in total. The summed E-state index contributed by atoms with van der Waals surface area (Å²) >= 11 is 1.46. The molecule has 134 valence electrons. The van der Waals surface area contributed by atoms with Crippen molar-refractivity contribution in [1.82, 2.24) is 5.32 Å². The Hall–Kier alpha value is -2.03. The third-order valence-electron chi connectivity index (χ3n) is 3.53. The van der Waals surface area contributed by atoms with Gasteiger partial charge >= 0.3 is 0 Å². The fraction of sp³-hybridized carbons (Fsp3) is 0.235. The largest absolute Gasteiger partial charge is 0.399 e. The molecule has 0 aliphatic heterocycles. The molecule has 0 saturated heterocycles. The maximum Gasteiger partial charge on any atom is 0.238 e. The van der Waals surface area contributed by atoms with Crippen molar-refractivity contribution in [2.45, 2.75) is 28.4 Å². The molecule has 0 aliphatic rings. The molecule has 2 rings (SSSR count). The van der Waals surface area contributed by atoms with Gasteiger partial charge in [0, 0.05) is 17.1 Å². The van der Waals surface area contributed by atoms with Crippen LogP contribution in [-0.4, -0.2) is 26.1 Å². The van der Waals surface area contributed by atoms with Crippen LogP contribution >= 0.6 is 11.8 Å². The van der Waals surface area contributed by atoms with E-state index in [1.165, 1.54) is 23.9 Å². The van der Waals surface area contributed by atoms with E-state index in [0.717, 1.165) is 10.5 Å². The molecule has 0 aliphatic carbocycles. The van der Waals surface area contributed by atoms with E-state index in [2.05, 4.69) is 5.32 Å². The Morgan fingerprint density at radius 1 is 1.12 bits per heavy atom. The highest BCUT2D eigenvalue weighted by atomic mass is 32.2. The van der Waals surface area contributed by atoms with Gasteiger partial charge in [0.2, 0.25) is 15.9 Å². The molecule has 0 radical (unpaired) electrons. The first kappa shape index (κ1) is 19.3. The van der Waals surface area contributed by atoms with Gasteiger partial charge < -0.3 is 11.1 Å². The smallest absolute Gasteiger partial charge is 0.238 e. The summed E-state index contributed by atoms with van der Waals surface area (Å²) in [6, 6.07) is 13.7. The number of nitrogen functional groups attached to an aromatic ring is 1. The maximum atomic E-state index is 12.1. The van der Waals surface area contributed by atoms with Crippen LogP contribution in [0.15, 0.2) is 58.3 Å². The molecule has 0 heterocycles. The van der Waals surface area contributed by atoms with Crippen LogP contribution in [0.1, 0.15) is 12.5 Å². The lowest BCUT2D eigenvalue weighted by atomic mass is 10.1. The van der Waals surface area contributed by atoms with Gasteiger partial charge in [-0.1, -0.05) is 12.1 Å². The highest BCUT2D eigenvalue weighted by Crippen LogP contribution is 2.24. The van der Waals surface area contributed by atoms with Crippen molar-refractivity contribution in [2.75, 3.05) is 12.3 Å². The average molecular weight is 380 g/mol. The summed E-state index contributed by atoms with van der Waals surface area (Å²) in [6.45, 7) is 2.32. The summed E-state index contributed by atoms with van der Waals surface area (Å²) in [5, 5.41) is 7.71. The Kier molecular flexibility index (Phi) is 6.46. The van der Waals surface area contributed by atoms with Crippen molar-refractivity contribution in [3.8, 4) is 0 Å². The van der Waals surface area contributed by atoms with E-state index in [-0.39, 0.29) is 16.1 Å². The number of rotatable bonds is 7. The van der Waals surface area contributed by atoms with Gasteiger partial charge in [-0.05, 0) is 55.3 Å². The molecule has 2 aromatic rings. The number of carbonyl (C=O) groups is 1. The number of amides is 1. The van der Waals surface area contributed by atoms with Crippen molar-refractivity contribution in [3.63, 3.8) is 0 Å². The van der Waals surface area contributed by atoms with Crippen LogP contribution in [0.4, 0.5) is 5.69 Å². The quantitative estimate of drug-likeness (QED) is 0.501. The lowest BCUT2D eigenvalue weighted by Crippen LogP contribution is -2.32. The minimum absolute atomic E-state index is 0.0528. The number of benzene rings is 2. The SMILES string of the molecule is CC(Sc1ccc(N)cc1)C(=O)NCCc1ccc(S(N)(=O)=O)cc1. The number of primary sulfonamides is 1. The highest BCUT2D eigenvalue weighted by Gasteiger charge is 2.14. The predicted molar refractivity (Wildman–Crippen MR) is 101 cm³/mol. The predicted octanol–water partition coefficient (Wildman–Crippen LogP) is 1.76. The van der Waals surface area contributed by atoms with Crippen molar-refractivity contribution < 1.29 is 13.2 Å². The number of thioether (sulfide) groups is 1.